The molecule has 2 aliphatic rings. The van der Waals surface area contributed by atoms with Gasteiger partial charge in [-0.3, -0.25) is 4.79 Å². The predicted molar refractivity (Wildman–Crippen MR) is 107 cm³/mol. The van der Waals surface area contributed by atoms with E-state index in [1.54, 1.807) is 0 Å². The fraction of sp³-hybridized carbons (Fsp3) is 0.348. The Morgan fingerprint density at radius 1 is 1.15 bits per heavy atom. The molecule has 1 saturated heterocycles. The zero-order valence-corrected chi connectivity index (χ0v) is 16.0. The molecule has 3 nitrogen and oxygen atoms in total. The molecule has 2 aromatic carbocycles. The van der Waals surface area contributed by atoms with E-state index in [0.29, 0.717) is 6.54 Å². The number of nitrogens with one attached hydrogen (secondary N) is 1. The van der Waals surface area contributed by atoms with Crippen molar-refractivity contribution in [2.24, 2.45) is 0 Å². The van der Waals surface area contributed by atoms with E-state index in [4.69, 9.17) is 0 Å². The molecule has 26 heavy (non-hydrogen) atoms. The smallest absolute Gasteiger partial charge is 0.241 e. The van der Waals surface area contributed by atoms with Crippen molar-refractivity contribution in [2.45, 2.75) is 45.2 Å². The zero-order valence-electron chi connectivity index (χ0n) is 16.0. The summed E-state index contributed by atoms with van der Waals surface area (Å²) in [6.45, 7) is 9.14. The molecule has 0 saturated carbocycles. The molecule has 1 amide bonds. The minimum absolute atomic E-state index is 0.0804. The van der Waals surface area contributed by atoms with Crippen molar-refractivity contribution < 1.29 is 4.79 Å². The topological polar surface area (TPSA) is 32.3 Å². The second kappa shape index (κ2) is 5.73. The molecule has 0 aromatic heterocycles. The summed E-state index contributed by atoms with van der Waals surface area (Å²) in [5.74, 6) is 0.0804. The first kappa shape index (κ1) is 16.9. The quantitative estimate of drug-likeness (QED) is 0.903. The average molecular weight is 346 g/mol. The van der Waals surface area contributed by atoms with Crippen LogP contribution in [0.1, 0.15) is 43.0 Å². The maximum Gasteiger partial charge on any atom is 0.241 e. The van der Waals surface area contributed by atoms with Crippen molar-refractivity contribution in [3.63, 3.8) is 0 Å². The maximum absolute atomic E-state index is 12.4. The van der Waals surface area contributed by atoms with Crippen molar-refractivity contribution >= 4 is 17.7 Å². The van der Waals surface area contributed by atoms with Crippen LogP contribution in [0, 0.1) is 6.92 Å². The molecule has 1 fully saturated rings. The van der Waals surface area contributed by atoms with Crippen LogP contribution in [0.15, 0.2) is 48.5 Å². The Balaban J connectivity index is 1.82. The van der Waals surface area contributed by atoms with E-state index in [1.807, 2.05) is 0 Å². The summed E-state index contributed by atoms with van der Waals surface area (Å²) in [4.78, 5) is 14.6. The third kappa shape index (κ3) is 2.30. The van der Waals surface area contributed by atoms with E-state index in [9.17, 15) is 4.79 Å². The Bertz CT molecular complexity index is 895. The van der Waals surface area contributed by atoms with Gasteiger partial charge in [0.1, 0.15) is 5.66 Å². The van der Waals surface area contributed by atoms with Gasteiger partial charge in [-0.1, -0.05) is 68.8 Å². The predicted octanol–water partition coefficient (Wildman–Crippen LogP) is 4.19. The third-order valence-electron chi connectivity index (χ3n) is 6.04. The highest BCUT2D eigenvalue weighted by Crippen LogP contribution is 2.53. The number of hydrogen-bond donors (Lipinski definition) is 1. The Kier molecular flexibility index (Phi) is 3.72. The molecule has 1 N–H and O–H groups in total. The van der Waals surface area contributed by atoms with E-state index in [2.05, 4.69) is 92.5 Å². The minimum atomic E-state index is -0.524. The first-order chi connectivity index (χ1) is 12.4. The van der Waals surface area contributed by atoms with Crippen LogP contribution < -0.4 is 10.2 Å². The Hall–Kier alpha value is -2.55. The summed E-state index contributed by atoms with van der Waals surface area (Å²) in [6.07, 6.45) is 5.32. The molecule has 134 valence electrons. The van der Waals surface area contributed by atoms with Gasteiger partial charge in [0.25, 0.3) is 0 Å². The molecule has 1 atom stereocenters. The summed E-state index contributed by atoms with van der Waals surface area (Å²) in [6, 6.07) is 15.1. The van der Waals surface area contributed by atoms with Crippen LogP contribution in [-0.2, 0) is 16.6 Å². The van der Waals surface area contributed by atoms with Crippen molar-refractivity contribution in [2.75, 3.05) is 11.4 Å². The van der Waals surface area contributed by atoms with Gasteiger partial charge in [0.05, 0.1) is 6.54 Å². The normalized spacial score (nSPS) is 23.2. The van der Waals surface area contributed by atoms with E-state index < -0.39 is 5.66 Å². The lowest BCUT2D eigenvalue weighted by molar-refractivity contribution is -0.118. The van der Waals surface area contributed by atoms with Crippen LogP contribution in [-0.4, -0.2) is 18.1 Å². The highest BCUT2D eigenvalue weighted by atomic mass is 16.2. The molecule has 1 unspecified atom stereocenters. The molecule has 0 bridgehead atoms. The number of nitrogens with zero attached hydrogens (tertiary/aromatic N) is 1. The second-order valence-electron chi connectivity index (χ2n) is 7.97. The van der Waals surface area contributed by atoms with E-state index in [-0.39, 0.29) is 11.3 Å². The molecule has 0 spiro atoms. The molecule has 0 aliphatic carbocycles. The summed E-state index contributed by atoms with van der Waals surface area (Å²) < 4.78 is 0. The van der Waals surface area contributed by atoms with Gasteiger partial charge in [0.15, 0.2) is 0 Å². The fourth-order valence-electron chi connectivity index (χ4n) is 4.34. The molecule has 4 rings (SSSR count). The van der Waals surface area contributed by atoms with Gasteiger partial charge in [-0.25, -0.2) is 0 Å². The number of anilines is 1. The minimum Gasteiger partial charge on any atom is -0.335 e. The van der Waals surface area contributed by atoms with E-state index in [1.165, 1.54) is 22.4 Å². The summed E-state index contributed by atoms with van der Waals surface area (Å²) in [5, 5.41) is 3.29. The van der Waals surface area contributed by atoms with Crippen molar-refractivity contribution in [1.82, 2.24) is 5.32 Å². The van der Waals surface area contributed by atoms with Gasteiger partial charge >= 0.3 is 0 Å². The first-order valence-electron chi connectivity index (χ1n) is 9.35. The molecule has 2 heterocycles. The van der Waals surface area contributed by atoms with Gasteiger partial charge in [0.2, 0.25) is 5.91 Å². The summed E-state index contributed by atoms with van der Waals surface area (Å²) in [5.41, 5.74) is 5.46. The third-order valence-corrected chi connectivity index (χ3v) is 6.04. The number of rotatable bonds is 3. The van der Waals surface area contributed by atoms with Crippen molar-refractivity contribution in [1.29, 1.82) is 0 Å². The number of carbonyl (C=O) groups excluding carboxylic acids is 1. The highest BCUT2D eigenvalue weighted by molar-refractivity contribution is 5.91. The van der Waals surface area contributed by atoms with E-state index >= 15 is 0 Å². The molecule has 0 radical (unpaired) electrons. The first-order valence-corrected chi connectivity index (χ1v) is 9.35. The lowest BCUT2D eigenvalue weighted by atomic mass is 9.75. The number of hydrogen-bond acceptors (Lipinski definition) is 2. The van der Waals surface area contributed by atoms with Gasteiger partial charge in [-0.15, -0.1) is 0 Å². The molecular weight excluding hydrogens is 320 g/mol. The summed E-state index contributed by atoms with van der Waals surface area (Å²) >= 11 is 0. The fourth-order valence-corrected chi connectivity index (χ4v) is 4.34. The SMILES string of the molecule is CCc1ccc2c(c1)C(C)(C)C1(C=Cc3ccc(C)cc3)NC(=O)CN21. The highest BCUT2D eigenvalue weighted by Gasteiger charge is 2.59. The number of benzene rings is 2. The van der Waals surface area contributed by atoms with Crippen molar-refractivity contribution in [3.05, 3.63) is 70.8 Å². The Labute approximate surface area is 155 Å². The van der Waals surface area contributed by atoms with Crippen LogP contribution in [0.2, 0.25) is 0 Å². The lowest BCUT2D eigenvalue weighted by Gasteiger charge is -2.40. The number of amides is 1. The van der Waals surface area contributed by atoms with Crippen LogP contribution in [0.3, 0.4) is 0 Å². The van der Waals surface area contributed by atoms with E-state index in [0.717, 1.165) is 12.0 Å². The Morgan fingerprint density at radius 2 is 1.88 bits per heavy atom. The average Bonchev–Trinajstić information content (AvgIpc) is 3.05. The molecular formula is C23H26N2O. The molecule has 3 heteroatoms. The standard InChI is InChI=1S/C23H26N2O/c1-5-17-10-11-20-19(14-17)22(3,4)23(24-21(26)15-25(20)23)13-12-18-8-6-16(2)7-9-18/h6-14H,5,15H2,1-4H3,(H,24,26). The lowest BCUT2D eigenvalue weighted by Crippen LogP contribution is -2.58. The zero-order chi connectivity index (χ0) is 18.5. The van der Waals surface area contributed by atoms with Crippen LogP contribution >= 0.6 is 0 Å². The van der Waals surface area contributed by atoms with Gasteiger partial charge in [-0.05, 0) is 42.2 Å². The number of aryl methyl sites for hydroxylation is 2. The van der Waals surface area contributed by atoms with Gasteiger partial charge in [0, 0.05) is 11.1 Å². The van der Waals surface area contributed by atoms with Gasteiger partial charge in [-0.2, -0.15) is 0 Å². The second-order valence-corrected chi connectivity index (χ2v) is 7.97. The van der Waals surface area contributed by atoms with Crippen LogP contribution in [0.4, 0.5) is 5.69 Å². The van der Waals surface area contributed by atoms with Crippen LogP contribution in [0.5, 0.6) is 0 Å². The van der Waals surface area contributed by atoms with Crippen LogP contribution in [0.25, 0.3) is 6.08 Å². The maximum atomic E-state index is 12.4. The summed E-state index contributed by atoms with van der Waals surface area (Å²) in [7, 11) is 0. The Morgan fingerprint density at radius 3 is 2.58 bits per heavy atom. The largest absolute Gasteiger partial charge is 0.335 e. The molecule has 2 aliphatic heterocycles. The van der Waals surface area contributed by atoms with Crippen molar-refractivity contribution in [3.8, 4) is 0 Å². The number of carbonyl (C=O) groups is 1. The van der Waals surface area contributed by atoms with Gasteiger partial charge < -0.3 is 10.2 Å². The monoisotopic (exact) mass is 346 g/mol. The number of fused-ring (bicyclic) bond motifs is 3. The molecule has 2 aromatic rings.